The van der Waals surface area contributed by atoms with Gasteiger partial charge in [0, 0.05) is 12.8 Å². The van der Waals surface area contributed by atoms with E-state index >= 15 is 0 Å². The number of rotatable bonds is 28. The van der Waals surface area contributed by atoms with E-state index in [4.69, 9.17) is 10.8 Å². The summed E-state index contributed by atoms with van der Waals surface area (Å²) < 4.78 is 0. The minimum Gasteiger partial charge on any atom is -0.508 e. The highest BCUT2D eigenvalue weighted by Gasteiger charge is 2.03. The Kier molecular flexibility index (Phi) is 30.2. The summed E-state index contributed by atoms with van der Waals surface area (Å²) in [6, 6.07) is 22.0. The number of unbranched alkanes of at least 4 members (excludes halogenated alkanes) is 16. The van der Waals surface area contributed by atoms with Gasteiger partial charge in [0.25, 0.3) is 0 Å². The van der Waals surface area contributed by atoms with Gasteiger partial charge in [0.1, 0.15) is 23.0 Å². The second-order valence-corrected chi connectivity index (χ2v) is 14.2. The third kappa shape index (κ3) is 29.3. The van der Waals surface area contributed by atoms with Gasteiger partial charge in [-0.3, -0.25) is 4.79 Å². The molecule has 0 radical (unpaired) electrons. The highest BCUT2D eigenvalue weighted by molar-refractivity contribution is 5.78. The van der Waals surface area contributed by atoms with Gasteiger partial charge in [-0.25, -0.2) is 0 Å². The Morgan fingerprint density at radius 2 is 0.736 bits per heavy atom. The predicted octanol–water partition coefficient (Wildman–Crippen LogP) is 12.9. The fraction of sp³-hybridized carbons (Fsp3) is 0.521. The van der Waals surface area contributed by atoms with Gasteiger partial charge in [-0.1, -0.05) is 126 Å². The third-order valence-electron chi connectivity index (χ3n) is 9.40. The summed E-state index contributed by atoms with van der Waals surface area (Å²) in [5.74, 6) is 1.36. The molecule has 0 aliphatic carbocycles. The molecule has 0 aliphatic rings. The Hall–Kier alpha value is -3.83. The quantitative estimate of drug-likeness (QED) is 0.0440. The van der Waals surface area contributed by atoms with Crippen molar-refractivity contribution in [2.75, 3.05) is 6.54 Å². The van der Waals surface area contributed by atoms with Crippen LogP contribution in [0.5, 0.6) is 17.2 Å². The van der Waals surface area contributed by atoms with Crippen LogP contribution in [0.3, 0.4) is 0 Å². The van der Waals surface area contributed by atoms with Crippen LogP contribution in [0.25, 0.3) is 0 Å². The molecule has 0 heterocycles. The lowest BCUT2D eigenvalue weighted by Crippen LogP contribution is -2.01. The third-order valence-corrected chi connectivity index (χ3v) is 9.40. The van der Waals surface area contributed by atoms with E-state index < -0.39 is 0 Å². The van der Waals surface area contributed by atoms with Gasteiger partial charge in [-0.2, -0.15) is 0 Å². The molecule has 0 spiro atoms. The fourth-order valence-electron chi connectivity index (χ4n) is 6.12. The smallest absolute Gasteiger partial charge is 0.132 e. The van der Waals surface area contributed by atoms with E-state index in [1.807, 2.05) is 48.6 Å². The van der Waals surface area contributed by atoms with Crippen LogP contribution in [0.2, 0.25) is 0 Å². The van der Waals surface area contributed by atoms with Crippen LogP contribution in [0.15, 0.2) is 98.1 Å². The summed E-state index contributed by atoms with van der Waals surface area (Å²) in [5.41, 5.74) is 9.03. The number of ketones is 1. The summed E-state index contributed by atoms with van der Waals surface area (Å²) in [7, 11) is 0. The van der Waals surface area contributed by atoms with E-state index in [2.05, 4.69) is 13.2 Å². The minimum atomic E-state index is 0.296. The topological polar surface area (TPSA) is 104 Å². The summed E-state index contributed by atoms with van der Waals surface area (Å²) >= 11 is 0. The van der Waals surface area contributed by atoms with Gasteiger partial charge < -0.3 is 21.1 Å². The molecule has 0 saturated carbocycles. The van der Waals surface area contributed by atoms with E-state index in [1.54, 1.807) is 36.4 Å². The van der Waals surface area contributed by atoms with Crippen LogP contribution in [0, 0.1) is 0 Å². The van der Waals surface area contributed by atoms with Crippen molar-refractivity contribution in [3.63, 3.8) is 0 Å². The number of Topliss-reactive ketones (excluding diaryl/α,β-unsaturated/α-hetero) is 1. The van der Waals surface area contributed by atoms with Crippen LogP contribution < -0.4 is 5.73 Å². The van der Waals surface area contributed by atoms with Crippen molar-refractivity contribution in [2.24, 2.45) is 5.73 Å². The van der Waals surface area contributed by atoms with Crippen molar-refractivity contribution in [1.29, 1.82) is 0 Å². The predicted molar refractivity (Wildman–Crippen MR) is 227 cm³/mol. The molecule has 0 aliphatic heterocycles. The molecule has 0 bridgehead atoms. The standard InChI is InChI=1S/C20H30O2.C20H32O.C8H11NO/c1-2-3-4-5-6-7-8-9-12-19(21)13-10-11-18-14-16-20(22)17-15-18;1-2-3-4-5-6-7-8-9-10-11-12-13-14-19-15-17-20(21)18-16-19;9-6-5-7-1-3-8(10)4-2-7/h2,14-17,22H,1,3-13H2;2,15-18,21H,1,3-14H2;1-4,10H,5-6,9H2. The number of carbonyl (C=O) groups is 1. The lowest BCUT2D eigenvalue weighted by molar-refractivity contribution is -0.119. The lowest BCUT2D eigenvalue weighted by atomic mass is 10.0. The number of hydrogen-bond donors (Lipinski definition) is 4. The number of aromatic hydroxyl groups is 3. The van der Waals surface area contributed by atoms with Crippen LogP contribution in [-0.2, 0) is 24.1 Å². The highest BCUT2D eigenvalue weighted by atomic mass is 16.3. The summed E-state index contributed by atoms with van der Waals surface area (Å²) in [6.45, 7) is 8.14. The summed E-state index contributed by atoms with van der Waals surface area (Å²) in [5, 5.41) is 27.3. The molecule has 5 nitrogen and oxygen atoms in total. The highest BCUT2D eigenvalue weighted by Crippen LogP contribution is 2.16. The zero-order valence-electron chi connectivity index (χ0n) is 33.0. The maximum Gasteiger partial charge on any atom is 0.132 e. The molecule has 0 aromatic heterocycles. The molecule has 3 rings (SSSR count). The number of aryl methyl sites for hydroxylation is 2. The molecular weight excluding hydrogens is 655 g/mol. The van der Waals surface area contributed by atoms with Gasteiger partial charge in [0.15, 0.2) is 0 Å². The Balaban J connectivity index is 0.000000424. The molecule has 5 N–H and O–H groups in total. The number of phenols is 3. The van der Waals surface area contributed by atoms with Crippen molar-refractivity contribution in [3.05, 3.63) is 115 Å². The summed E-state index contributed by atoms with van der Waals surface area (Å²) in [6.07, 6.45) is 32.5. The average molecular weight is 728 g/mol. The molecule has 3 aromatic carbocycles. The number of hydrogen-bond acceptors (Lipinski definition) is 5. The van der Waals surface area contributed by atoms with Gasteiger partial charge in [0.05, 0.1) is 0 Å². The number of benzene rings is 3. The molecule has 53 heavy (non-hydrogen) atoms. The maximum absolute atomic E-state index is 11.8. The second-order valence-electron chi connectivity index (χ2n) is 14.2. The molecule has 0 fully saturated rings. The van der Waals surface area contributed by atoms with Crippen LogP contribution in [0.1, 0.15) is 152 Å². The normalized spacial score (nSPS) is 10.4. The van der Waals surface area contributed by atoms with Gasteiger partial charge in [-0.15, -0.1) is 13.2 Å². The van der Waals surface area contributed by atoms with Crippen LogP contribution in [-0.4, -0.2) is 27.6 Å². The Morgan fingerprint density at radius 3 is 1.11 bits per heavy atom. The Morgan fingerprint density at radius 1 is 0.434 bits per heavy atom. The maximum atomic E-state index is 11.8. The zero-order chi connectivity index (χ0) is 38.6. The molecule has 294 valence electrons. The van der Waals surface area contributed by atoms with Crippen molar-refractivity contribution < 1.29 is 20.1 Å². The second kappa shape index (κ2) is 34.0. The molecule has 0 saturated heterocycles. The number of phenolic OH excluding ortho intramolecular Hbond substituents is 3. The first kappa shape index (κ1) is 47.2. The van der Waals surface area contributed by atoms with Gasteiger partial charge >= 0.3 is 0 Å². The SMILES string of the molecule is C=CCCCCCCCCC(=O)CCCc1ccc(O)cc1.C=CCCCCCCCCCCCCc1ccc(O)cc1.NCCc1ccc(O)cc1. The first-order valence-electron chi connectivity index (χ1n) is 20.6. The zero-order valence-corrected chi connectivity index (χ0v) is 33.0. The van der Waals surface area contributed by atoms with Gasteiger partial charge in [-0.05, 0) is 124 Å². The van der Waals surface area contributed by atoms with E-state index in [0.29, 0.717) is 36.0 Å². The van der Waals surface area contributed by atoms with Crippen molar-refractivity contribution >= 4 is 5.78 Å². The number of nitrogens with two attached hydrogens (primary N) is 1. The first-order chi connectivity index (χ1) is 25.9. The van der Waals surface area contributed by atoms with Crippen molar-refractivity contribution in [1.82, 2.24) is 0 Å². The number of carbonyl (C=O) groups excluding carboxylic acids is 1. The van der Waals surface area contributed by atoms with Crippen molar-refractivity contribution in [2.45, 2.75) is 154 Å². The van der Waals surface area contributed by atoms with E-state index in [1.165, 1.54) is 119 Å². The summed E-state index contributed by atoms with van der Waals surface area (Å²) in [4.78, 5) is 11.8. The Bertz CT molecular complexity index is 1280. The molecule has 0 atom stereocenters. The Labute approximate surface area is 323 Å². The first-order valence-corrected chi connectivity index (χ1v) is 20.6. The molecule has 0 unspecified atom stereocenters. The van der Waals surface area contributed by atoms with E-state index in [0.717, 1.165) is 44.9 Å². The van der Waals surface area contributed by atoms with Crippen LogP contribution >= 0.6 is 0 Å². The average Bonchev–Trinajstić information content (AvgIpc) is 3.16. The largest absolute Gasteiger partial charge is 0.508 e. The van der Waals surface area contributed by atoms with E-state index in [9.17, 15) is 15.0 Å². The minimum absolute atomic E-state index is 0.296. The molecular formula is C48H73NO4. The van der Waals surface area contributed by atoms with Crippen LogP contribution in [0.4, 0.5) is 0 Å². The van der Waals surface area contributed by atoms with Crippen molar-refractivity contribution in [3.8, 4) is 17.2 Å². The van der Waals surface area contributed by atoms with E-state index in [-0.39, 0.29) is 0 Å². The fourth-order valence-corrected chi connectivity index (χ4v) is 6.12. The molecule has 3 aromatic rings. The monoisotopic (exact) mass is 728 g/mol. The lowest BCUT2D eigenvalue weighted by Gasteiger charge is -2.03. The molecule has 5 heteroatoms. The van der Waals surface area contributed by atoms with Gasteiger partial charge in [0.2, 0.25) is 0 Å². The molecule has 0 amide bonds. The number of allylic oxidation sites excluding steroid dienone is 2.